The highest BCUT2D eigenvalue weighted by Gasteiger charge is 2.39. The Bertz CT molecular complexity index is 910. The van der Waals surface area contributed by atoms with Crippen molar-refractivity contribution >= 4 is 5.91 Å². The third-order valence-electron chi connectivity index (χ3n) is 4.87. The van der Waals surface area contributed by atoms with Crippen molar-refractivity contribution in [1.29, 1.82) is 0 Å². The van der Waals surface area contributed by atoms with Crippen molar-refractivity contribution in [2.75, 3.05) is 0 Å². The minimum atomic E-state index is -4.46. The van der Waals surface area contributed by atoms with E-state index in [2.05, 4.69) is 18.3 Å². The lowest BCUT2D eigenvalue weighted by Gasteiger charge is -2.21. The van der Waals surface area contributed by atoms with Gasteiger partial charge in [-0.15, -0.1) is 0 Å². The van der Waals surface area contributed by atoms with Crippen LogP contribution in [0.1, 0.15) is 42.3 Å². The number of hydrogen-bond donors (Lipinski definition) is 0. The molecule has 4 nitrogen and oxygen atoms in total. The summed E-state index contributed by atoms with van der Waals surface area (Å²) in [5.41, 5.74) is 2.17. The Morgan fingerprint density at radius 2 is 1.89 bits per heavy atom. The Labute approximate surface area is 162 Å². The number of rotatable bonds is 5. The van der Waals surface area contributed by atoms with Gasteiger partial charge < -0.3 is 4.90 Å². The first-order chi connectivity index (χ1) is 13.2. The first kappa shape index (κ1) is 19.9. The van der Waals surface area contributed by atoms with Crippen molar-refractivity contribution in [3.63, 3.8) is 0 Å². The third-order valence-corrected chi connectivity index (χ3v) is 4.87. The number of benzene rings is 1. The summed E-state index contributed by atoms with van der Waals surface area (Å²) in [6.45, 7) is 9.32. The summed E-state index contributed by atoms with van der Waals surface area (Å²) >= 11 is 0. The Balaban J connectivity index is 1.92. The predicted molar refractivity (Wildman–Crippen MR) is 101 cm³/mol. The Kier molecular flexibility index (Phi) is 5.45. The van der Waals surface area contributed by atoms with Gasteiger partial charge in [0.1, 0.15) is 0 Å². The molecule has 1 aromatic heterocycles. The highest BCUT2D eigenvalue weighted by atomic mass is 19.4. The minimum absolute atomic E-state index is 0.257. The Hall–Kier alpha value is -2.83. The van der Waals surface area contributed by atoms with Crippen LogP contribution in [-0.2, 0) is 30.4 Å². The molecule has 28 heavy (non-hydrogen) atoms. The van der Waals surface area contributed by atoms with E-state index in [0.717, 1.165) is 18.4 Å². The second-order valence-corrected chi connectivity index (χ2v) is 6.92. The molecule has 1 amide bonds. The van der Waals surface area contributed by atoms with Crippen LogP contribution in [0.2, 0.25) is 0 Å². The summed E-state index contributed by atoms with van der Waals surface area (Å²) in [6.07, 6.45) is -0.658. The van der Waals surface area contributed by atoms with Gasteiger partial charge >= 0.3 is 6.18 Å². The lowest BCUT2D eigenvalue weighted by molar-refractivity contribution is -0.142. The van der Waals surface area contributed by atoms with Gasteiger partial charge in [0.05, 0.1) is 12.2 Å². The number of allylic oxidation sites excluding steroid dienone is 1. The molecule has 0 saturated carbocycles. The molecule has 1 aromatic carbocycles. The first-order valence-electron chi connectivity index (χ1n) is 9.09. The fourth-order valence-corrected chi connectivity index (χ4v) is 3.48. The van der Waals surface area contributed by atoms with Crippen LogP contribution in [0.4, 0.5) is 13.2 Å². The average Bonchev–Trinajstić information content (AvgIpc) is 3.06. The lowest BCUT2D eigenvalue weighted by Crippen LogP contribution is -2.26. The third kappa shape index (κ3) is 3.88. The number of fused-ring (bicyclic) bond motifs is 1. The van der Waals surface area contributed by atoms with Crippen molar-refractivity contribution in [3.05, 3.63) is 71.7 Å². The molecule has 0 atom stereocenters. The molecule has 2 aromatic rings. The summed E-state index contributed by atoms with van der Waals surface area (Å²) in [7, 11) is 0. The van der Waals surface area contributed by atoms with E-state index in [0.29, 0.717) is 42.0 Å². The van der Waals surface area contributed by atoms with E-state index < -0.39 is 11.9 Å². The number of carbonyl (C=O) groups is 1. The molecular weight excluding hydrogens is 367 g/mol. The quantitative estimate of drug-likeness (QED) is 0.688. The van der Waals surface area contributed by atoms with E-state index >= 15 is 0 Å². The first-order valence-corrected chi connectivity index (χ1v) is 9.09. The van der Waals surface area contributed by atoms with Crippen LogP contribution in [0.15, 0.2) is 49.2 Å². The van der Waals surface area contributed by atoms with Crippen molar-refractivity contribution in [2.45, 2.75) is 45.3 Å². The summed E-state index contributed by atoms with van der Waals surface area (Å²) in [5.74, 6) is -0.257. The van der Waals surface area contributed by atoms with E-state index in [1.165, 1.54) is 15.7 Å². The lowest BCUT2D eigenvalue weighted by atomic mass is 9.95. The molecular formula is C21H22F3N3O. The number of carbonyl (C=O) groups excluding carboxylic acids is 1. The number of hydrogen-bond acceptors (Lipinski definition) is 2. The van der Waals surface area contributed by atoms with Crippen LogP contribution in [0.3, 0.4) is 0 Å². The molecule has 0 fully saturated rings. The standard InChI is InChI=1S/C21H22F3N3O/c1-4-19(28)26(14(2)3)13-15-9-11-16(12-10-15)27-18-8-6-5-7-17(18)20(25-27)21(22,23)24/h4,9-12H,1-2,5-8,13H2,3H3. The average molecular weight is 389 g/mol. The van der Waals surface area contributed by atoms with Gasteiger partial charge in [-0.2, -0.15) is 18.3 Å². The van der Waals surface area contributed by atoms with Crippen LogP contribution in [-0.4, -0.2) is 20.6 Å². The van der Waals surface area contributed by atoms with E-state index in [1.54, 1.807) is 31.2 Å². The molecule has 1 heterocycles. The van der Waals surface area contributed by atoms with Gasteiger partial charge in [-0.25, -0.2) is 4.68 Å². The van der Waals surface area contributed by atoms with Crippen LogP contribution in [0.25, 0.3) is 5.69 Å². The highest BCUT2D eigenvalue weighted by Crippen LogP contribution is 2.36. The summed E-state index contributed by atoms with van der Waals surface area (Å²) in [5, 5.41) is 3.89. The highest BCUT2D eigenvalue weighted by molar-refractivity contribution is 5.88. The van der Waals surface area contributed by atoms with Gasteiger partial charge in [0.25, 0.3) is 0 Å². The van der Waals surface area contributed by atoms with Crippen molar-refractivity contribution in [2.24, 2.45) is 0 Å². The monoisotopic (exact) mass is 389 g/mol. The van der Waals surface area contributed by atoms with Gasteiger partial charge in [-0.1, -0.05) is 25.3 Å². The van der Waals surface area contributed by atoms with Crippen LogP contribution >= 0.6 is 0 Å². The van der Waals surface area contributed by atoms with E-state index in [4.69, 9.17) is 0 Å². The van der Waals surface area contributed by atoms with Gasteiger partial charge in [0.2, 0.25) is 5.91 Å². The molecule has 0 bridgehead atoms. The van der Waals surface area contributed by atoms with Gasteiger partial charge in [0, 0.05) is 17.0 Å². The number of halogens is 3. The van der Waals surface area contributed by atoms with Crippen molar-refractivity contribution in [3.8, 4) is 5.69 Å². The maximum atomic E-state index is 13.4. The van der Waals surface area contributed by atoms with Gasteiger partial charge in [0.15, 0.2) is 5.69 Å². The fraction of sp³-hybridized carbons (Fsp3) is 0.333. The van der Waals surface area contributed by atoms with Crippen molar-refractivity contribution in [1.82, 2.24) is 14.7 Å². The molecule has 1 aliphatic carbocycles. The zero-order valence-electron chi connectivity index (χ0n) is 15.7. The van der Waals surface area contributed by atoms with Crippen molar-refractivity contribution < 1.29 is 18.0 Å². The zero-order chi connectivity index (χ0) is 20.5. The molecule has 0 radical (unpaired) electrons. The predicted octanol–water partition coefficient (Wildman–Crippen LogP) is 4.82. The number of amides is 1. The molecule has 7 heteroatoms. The van der Waals surface area contributed by atoms with Gasteiger partial charge in [-0.05, 0) is 56.4 Å². The largest absolute Gasteiger partial charge is 0.435 e. The number of nitrogens with zero attached hydrogens (tertiary/aromatic N) is 3. The normalized spacial score (nSPS) is 13.7. The van der Waals surface area contributed by atoms with Crippen LogP contribution in [0, 0.1) is 0 Å². The molecule has 148 valence electrons. The second-order valence-electron chi connectivity index (χ2n) is 6.92. The maximum absolute atomic E-state index is 13.4. The minimum Gasteiger partial charge on any atom is -0.309 e. The summed E-state index contributed by atoms with van der Waals surface area (Å²) in [6, 6.07) is 7.02. The molecule has 0 spiro atoms. The van der Waals surface area contributed by atoms with Gasteiger partial charge in [-0.3, -0.25) is 4.79 Å². The zero-order valence-corrected chi connectivity index (χ0v) is 15.7. The Morgan fingerprint density at radius 3 is 2.46 bits per heavy atom. The molecule has 1 aliphatic rings. The fourth-order valence-electron chi connectivity index (χ4n) is 3.48. The van der Waals surface area contributed by atoms with Crippen LogP contribution in [0.5, 0.6) is 0 Å². The SMILES string of the molecule is C=CC(=O)N(Cc1ccc(-n2nc(C(F)(F)F)c3c2CCCC3)cc1)C(=C)C. The number of alkyl halides is 3. The Morgan fingerprint density at radius 1 is 1.25 bits per heavy atom. The molecule has 0 N–H and O–H groups in total. The summed E-state index contributed by atoms with van der Waals surface area (Å²) in [4.78, 5) is 13.4. The smallest absolute Gasteiger partial charge is 0.309 e. The maximum Gasteiger partial charge on any atom is 0.435 e. The van der Waals surface area contributed by atoms with E-state index in [9.17, 15) is 18.0 Å². The van der Waals surface area contributed by atoms with E-state index in [-0.39, 0.29) is 5.91 Å². The topological polar surface area (TPSA) is 38.1 Å². The number of aromatic nitrogens is 2. The molecule has 0 aliphatic heterocycles. The molecule has 0 unspecified atom stereocenters. The molecule has 3 rings (SSSR count). The molecule has 0 saturated heterocycles. The van der Waals surface area contributed by atoms with E-state index in [1.807, 2.05) is 0 Å². The van der Waals surface area contributed by atoms with Crippen LogP contribution < -0.4 is 0 Å². The summed E-state index contributed by atoms with van der Waals surface area (Å²) < 4.78 is 41.5. The second kappa shape index (κ2) is 7.66.